The van der Waals surface area contributed by atoms with E-state index in [-0.39, 0.29) is 5.92 Å². The Morgan fingerprint density at radius 3 is 2.33 bits per heavy atom. The summed E-state index contributed by atoms with van der Waals surface area (Å²) >= 11 is 0. The Kier molecular flexibility index (Phi) is 4.59. The Hall–Kier alpha value is -3.21. The van der Waals surface area contributed by atoms with E-state index in [4.69, 9.17) is 14.2 Å². The number of benzene rings is 2. The summed E-state index contributed by atoms with van der Waals surface area (Å²) in [6.45, 7) is 0.837. The Labute approximate surface area is 158 Å². The molecule has 0 spiro atoms. The summed E-state index contributed by atoms with van der Waals surface area (Å²) in [5, 5.41) is 3.41. The molecule has 4 rings (SSSR count). The SMILES string of the molecule is COc1ccc(C2CNc3ncc(-c4ccc(OC)c(OC)c4)cc32)cc1. The van der Waals surface area contributed by atoms with Gasteiger partial charge in [0.15, 0.2) is 11.5 Å². The van der Waals surface area contributed by atoms with Crippen LogP contribution in [-0.4, -0.2) is 32.9 Å². The molecule has 27 heavy (non-hydrogen) atoms. The third-order valence-electron chi connectivity index (χ3n) is 5.00. The Balaban J connectivity index is 1.70. The summed E-state index contributed by atoms with van der Waals surface area (Å²) in [6.07, 6.45) is 1.89. The molecule has 1 aromatic heterocycles. The zero-order chi connectivity index (χ0) is 18.8. The molecule has 0 bridgehead atoms. The summed E-state index contributed by atoms with van der Waals surface area (Å²) in [5.41, 5.74) is 4.54. The number of nitrogens with one attached hydrogen (secondary N) is 1. The van der Waals surface area contributed by atoms with Crippen LogP contribution < -0.4 is 19.5 Å². The maximum absolute atomic E-state index is 5.43. The molecule has 0 fully saturated rings. The van der Waals surface area contributed by atoms with E-state index >= 15 is 0 Å². The van der Waals surface area contributed by atoms with Crippen molar-refractivity contribution in [3.63, 3.8) is 0 Å². The number of nitrogens with zero attached hydrogens (tertiary/aromatic N) is 1. The van der Waals surface area contributed by atoms with Crippen LogP contribution in [0.5, 0.6) is 17.2 Å². The second-order valence-electron chi connectivity index (χ2n) is 6.44. The van der Waals surface area contributed by atoms with E-state index in [1.807, 2.05) is 36.5 Å². The molecular formula is C22H22N2O3. The highest BCUT2D eigenvalue weighted by Gasteiger charge is 2.25. The number of rotatable bonds is 5. The molecule has 1 aliphatic heterocycles. The minimum absolute atomic E-state index is 0.263. The van der Waals surface area contributed by atoms with Crippen molar-refractivity contribution in [2.75, 3.05) is 33.2 Å². The summed E-state index contributed by atoms with van der Waals surface area (Å²) in [5.74, 6) is 3.49. The van der Waals surface area contributed by atoms with Crippen LogP contribution in [0, 0.1) is 0 Å². The van der Waals surface area contributed by atoms with Crippen LogP contribution >= 0.6 is 0 Å². The molecule has 0 amide bonds. The minimum Gasteiger partial charge on any atom is -0.497 e. The highest BCUT2D eigenvalue weighted by Crippen LogP contribution is 2.39. The molecule has 5 heteroatoms. The number of fused-ring (bicyclic) bond motifs is 1. The predicted octanol–water partition coefficient (Wildman–Crippen LogP) is 4.33. The van der Waals surface area contributed by atoms with Gasteiger partial charge in [-0.05, 0) is 41.5 Å². The Bertz CT molecular complexity index is 954. The van der Waals surface area contributed by atoms with Crippen molar-refractivity contribution in [3.8, 4) is 28.4 Å². The maximum atomic E-state index is 5.43. The van der Waals surface area contributed by atoms with Gasteiger partial charge in [-0.15, -0.1) is 0 Å². The molecule has 0 aliphatic carbocycles. The lowest BCUT2D eigenvalue weighted by Crippen LogP contribution is -2.03. The molecule has 1 aliphatic rings. The van der Waals surface area contributed by atoms with Gasteiger partial charge in [0.2, 0.25) is 0 Å². The highest BCUT2D eigenvalue weighted by atomic mass is 16.5. The Morgan fingerprint density at radius 2 is 1.63 bits per heavy atom. The average Bonchev–Trinajstić information content (AvgIpc) is 3.16. The van der Waals surface area contributed by atoms with E-state index in [0.29, 0.717) is 11.5 Å². The fourth-order valence-electron chi connectivity index (χ4n) is 3.51. The fourth-order valence-corrected chi connectivity index (χ4v) is 3.51. The summed E-state index contributed by atoms with van der Waals surface area (Å²) in [7, 11) is 4.96. The van der Waals surface area contributed by atoms with Crippen LogP contribution in [0.15, 0.2) is 54.7 Å². The van der Waals surface area contributed by atoms with Crippen LogP contribution in [0.2, 0.25) is 0 Å². The normalized spacial score (nSPS) is 15.0. The number of aromatic nitrogens is 1. The first-order valence-corrected chi connectivity index (χ1v) is 8.83. The molecule has 1 N–H and O–H groups in total. The second kappa shape index (κ2) is 7.19. The van der Waals surface area contributed by atoms with Crippen LogP contribution in [0.1, 0.15) is 17.0 Å². The van der Waals surface area contributed by atoms with Gasteiger partial charge >= 0.3 is 0 Å². The highest BCUT2D eigenvalue weighted by molar-refractivity contribution is 5.71. The third kappa shape index (κ3) is 3.16. The van der Waals surface area contributed by atoms with Gasteiger partial charge in [-0.2, -0.15) is 0 Å². The van der Waals surface area contributed by atoms with Crippen molar-refractivity contribution in [1.29, 1.82) is 0 Å². The molecule has 5 nitrogen and oxygen atoms in total. The standard InChI is InChI=1S/C22H22N2O3/c1-25-17-7-4-14(5-8-17)19-13-24-22-18(19)10-16(12-23-22)15-6-9-20(26-2)21(11-15)27-3/h4-12,19H,13H2,1-3H3,(H,23,24). The first kappa shape index (κ1) is 17.2. The van der Waals surface area contributed by atoms with Gasteiger partial charge in [-0.1, -0.05) is 18.2 Å². The lowest BCUT2D eigenvalue weighted by atomic mass is 9.92. The molecule has 1 unspecified atom stereocenters. The summed E-state index contributed by atoms with van der Waals surface area (Å²) in [6, 6.07) is 16.4. The number of hydrogen-bond acceptors (Lipinski definition) is 5. The summed E-state index contributed by atoms with van der Waals surface area (Å²) < 4.78 is 16.0. The molecule has 2 heterocycles. The number of pyridine rings is 1. The zero-order valence-corrected chi connectivity index (χ0v) is 15.7. The number of hydrogen-bond donors (Lipinski definition) is 1. The van der Waals surface area contributed by atoms with Crippen LogP contribution in [-0.2, 0) is 0 Å². The van der Waals surface area contributed by atoms with E-state index in [2.05, 4.69) is 28.5 Å². The van der Waals surface area contributed by atoms with Crippen LogP contribution in [0.4, 0.5) is 5.82 Å². The zero-order valence-electron chi connectivity index (χ0n) is 15.7. The number of methoxy groups -OCH3 is 3. The first-order valence-electron chi connectivity index (χ1n) is 8.83. The van der Waals surface area contributed by atoms with Gasteiger partial charge < -0.3 is 19.5 Å². The van der Waals surface area contributed by atoms with Crippen molar-refractivity contribution >= 4 is 5.82 Å². The maximum Gasteiger partial charge on any atom is 0.161 e. The largest absolute Gasteiger partial charge is 0.497 e. The second-order valence-corrected chi connectivity index (χ2v) is 6.44. The lowest BCUT2D eigenvalue weighted by molar-refractivity contribution is 0.355. The monoisotopic (exact) mass is 362 g/mol. The molecule has 0 saturated heterocycles. The van der Waals surface area contributed by atoms with E-state index < -0.39 is 0 Å². The molecular weight excluding hydrogens is 340 g/mol. The van der Waals surface area contributed by atoms with Crippen LogP contribution in [0.25, 0.3) is 11.1 Å². The van der Waals surface area contributed by atoms with E-state index in [9.17, 15) is 0 Å². The van der Waals surface area contributed by atoms with Crippen molar-refractivity contribution in [2.24, 2.45) is 0 Å². The van der Waals surface area contributed by atoms with E-state index in [1.165, 1.54) is 11.1 Å². The van der Waals surface area contributed by atoms with E-state index in [0.717, 1.165) is 29.2 Å². The van der Waals surface area contributed by atoms with Crippen LogP contribution in [0.3, 0.4) is 0 Å². The topological polar surface area (TPSA) is 52.6 Å². The van der Waals surface area contributed by atoms with Gasteiger partial charge in [0.05, 0.1) is 21.3 Å². The minimum atomic E-state index is 0.263. The van der Waals surface area contributed by atoms with Crippen molar-refractivity contribution in [2.45, 2.75) is 5.92 Å². The van der Waals surface area contributed by atoms with Gasteiger partial charge in [-0.3, -0.25) is 0 Å². The van der Waals surface area contributed by atoms with Crippen molar-refractivity contribution in [3.05, 3.63) is 65.9 Å². The van der Waals surface area contributed by atoms with Crippen molar-refractivity contribution in [1.82, 2.24) is 4.98 Å². The molecule has 3 aromatic rings. The molecule has 0 radical (unpaired) electrons. The molecule has 2 aromatic carbocycles. The first-order chi connectivity index (χ1) is 13.2. The average molecular weight is 362 g/mol. The third-order valence-corrected chi connectivity index (χ3v) is 5.00. The van der Waals surface area contributed by atoms with E-state index in [1.54, 1.807) is 21.3 Å². The number of anilines is 1. The van der Waals surface area contributed by atoms with Gasteiger partial charge in [-0.25, -0.2) is 4.98 Å². The molecule has 0 saturated carbocycles. The quantitative estimate of drug-likeness (QED) is 0.732. The summed E-state index contributed by atoms with van der Waals surface area (Å²) in [4.78, 5) is 4.64. The van der Waals surface area contributed by atoms with Gasteiger partial charge in [0.25, 0.3) is 0 Å². The molecule has 1 atom stereocenters. The Morgan fingerprint density at radius 1 is 0.852 bits per heavy atom. The number of ether oxygens (including phenoxy) is 3. The lowest BCUT2D eigenvalue weighted by Gasteiger charge is -2.13. The van der Waals surface area contributed by atoms with Crippen molar-refractivity contribution < 1.29 is 14.2 Å². The van der Waals surface area contributed by atoms with Gasteiger partial charge in [0, 0.05) is 29.8 Å². The molecule has 138 valence electrons. The van der Waals surface area contributed by atoms with Gasteiger partial charge in [0.1, 0.15) is 11.6 Å². The fraction of sp³-hybridized carbons (Fsp3) is 0.227. The smallest absolute Gasteiger partial charge is 0.161 e. The predicted molar refractivity (Wildman–Crippen MR) is 106 cm³/mol.